The number of rotatable bonds is 4. The topological polar surface area (TPSA) is 78.0 Å². The van der Waals surface area contributed by atoms with E-state index in [2.05, 4.69) is 39.8 Å². The molecule has 1 aliphatic carbocycles. The van der Waals surface area contributed by atoms with Crippen LogP contribution in [0.15, 0.2) is 60.7 Å². The van der Waals surface area contributed by atoms with E-state index >= 15 is 0 Å². The predicted molar refractivity (Wildman–Crippen MR) is 105 cm³/mol. The van der Waals surface area contributed by atoms with Crippen molar-refractivity contribution in [2.45, 2.75) is 37.6 Å². The standard InChI is InChI=1S/C22H23N3O2/c26-21-13-7-5-11-17(21)19-14-20(25-24-19)22(27)23-18-12-6-4-10-16(18)15-8-2-1-3-9-15/h1-3,5,7-9,11,13-14,16,18,26H,4,6,10,12H2,(H,23,27)(H,24,25)/t16-,18+/m0/s1. The molecule has 1 heterocycles. The van der Waals surface area contributed by atoms with Gasteiger partial charge in [-0.25, -0.2) is 0 Å². The monoisotopic (exact) mass is 361 g/mol. The number of phenolic OH excluding ortho intramolecular Hbond substituents is 1. The molecule has 0 radical (unpaired) electrons. The zero-order chi connectivity index (χ0) is 18.6. The molecule has 5 nitrogen and oxygen atoms in total. The Balaban J connectivity index is 1.51. The molecule has 0 bridgehead atoms. The van der Waals surface area contributed by atoms with Crippen LogP contribution in [0.3, 0.4) is 0 Å². The number of nitrogens with one attached hydrogen (secondary N) is 2. The summed E-state index contributed by atoms with van der Waals surface area (Å²) in [5, 5.41) is 20.2. The molecule has 3 N–H and O–H groups in total. The van der Waals surface area contributed by atoms with Gasteiger partial charge >= 0.3 is 0 Å². The average Bonchev–Trinajstić information content (AvgIpc) is 3.19. The van der Waals surface area contributed by atoms with E-state index in [0.717, 1.165) is 19.3 Å². The number of aromatic hydroxyl groups is 1. The first-order valence-corrected chi connectivity index (χ1v) is 9.42. The second kappa shape index (κ2) is 7.66. The zero-order valence-electron chi connectivity index (χ0n) is 15.1. The summed E-state index contributed by atoms with van der Waals surface area (Å²) in [6.07, 6.45) is 4.38. The Morgan fingerprint density at radius 1 is 1.04 bits per heavy atom. The van der Waals surface area contributed by atoms with Crippen molar-refractivity contribution in [1.29, 1.82) is 0 Å². The van der Waals surface area contributed by atoms with E-state index in [0.29, 0.717) is 22.9 Å². The fourth-order valence-electron chi connectivity index (χ4n) is 3.92. The fraction of sp³-hybridized carbons (Fsp3) is 0.273. The lowest BCUT2D eigenvalue weighted by molar-refractivity contribution is 0.0915. The van der Waals surface area contributed by atoms with Crippen molar-refractivity contribution in [3.63, 3.8) is 0 Å². The van der Waals surface area contributed by atoms with Gasteiger partial charge in [0.2, 0.25) is 0 Å². The average molecular weight is 361 g/mol. The molecule has 1 fully saturated rings. The van der Waals surface area contributed by atoms with Gasteiger partial charge in [-0.2, -0.15) is 5.10 Å². The number of H-pyrrole nitrogens is 1. The lowest BCUT2D eigenvalue weighted by atomic mass is 9.80. The van der Waals surface area contributed by atoms with E-state index in [4.69, 9.17) is 0 Å². The van der Waals surface area contributed by atoms with Crippen molar-refractivity contribution in [2.75, 3.05) is 0 Å². The first-order chi connectivity index (χ1) is 13.2. The number of carbonyl (C=O) groups excluding carboxylic acids is 1. The molecule has 2 aromatic carbocycles. The summed E-state index contributed by atoms with van der Waals surface area (Å²) in [6.45, 7) is 0. The van der Waals surface area contributed by atoms with Gasteiger partial charge in [-0.3, -0.25) is 9.89 Å². The number of aromatic amines is 1. The van der Waals surface area contributed by atoms with Gasteiger partial charge in [0.1, 0.15) is 11.4 Å². The van der Waals surface area contributed by atoms with Gasteiger partial charge in [0.15, 0.2) is 0 Å². The molecular weight excluding hydrogens is 338 g/mol. The maximum absolute atomic E-state index is 12.8. The fourth-order valence-corrected chi connectivity index (χ4v) is 3.92. The highest BCUT2D eigenvalue weighted by Crippen LogP contribution is 2.33. The zero-order valence-corrected chi connectivity index (χ0v) is 15.1. The quantitative estimate of drug-likeness (QED) is 0.650. The van der Waals surface area contributed by atoms with Crippen LogP contribution in [0.4, 0.5) is 0 Å². The normalized spacial score (nSPS) is 19.6. The molecule has 1 aromatic heterocycles. The summed E-state index contributed by atoms with van der Waals surface area (Å²) in [5.41, 5.74) is 2.85. The molecule has 27 heavy (non-hydrogen) atoms. The summed E-state index contributed by atoms with van der Waals surface area (Å²) in [5.74, 6) is 0.328. The first-order valence-electron chi connectivity index (χ1n) is 9.42. The van der Waals surface area contributed by atoms with Crippen LogP contribution in [0, 0.1) is 0 Å². The molecule has 138 valence electrons. The van der Waals surface area contributed by atoms with Gasteiger partial charge in [-0.05, 0) is 36.6 Å². The van der Waals surface area contributed by atoms with E-state index in [9.17, 15) is 9.90 Å². The number of hydrogen-bond donors (Lipinski definition) is 3. The van der Waals surface area contributed by atoms with Crippen molar-refractivity contribution < 1.29 is 9.90 Å². The van der Waals surface area contributed by atoms with Crippen molar-refractivity contribution in [2.24, 2.45) is 0 Å². The largest absolute Gasteiger partial charge is 0.507 e. The Morgan fingerprint density at radius 2 is 1.78 bits per heavy atom. The summed E-state index contributed by atoms with van der Waals surface area (Å²) < 4.78 is 0. The van der Waals surface area contributed by atoms with Gasteiger partial charge in [0, 0.05) is 17.5 Å². The summed E-state index contributed by atoms with van der Waals surface area (Å²) in [4.78, 5) is 12.8. The number of aromatic nitrogens is 2. The van der Waals surface area contributed by atoms with Crippen LogP contribution in [0.2, 0.25) is 0 Å². The second-order valence-electron chi connectivity index (χ2n) is 7.07. The van der Waals surface area contributed by atoms with Gasteiger partial charge in [0.25, 0.3) is 5.91 Å². The van der Waals surface area contributed by atoms with Crippen molar-refractivity contribution in [3.8, 4) is 17.0 Å². The lowest BCUT2D eigenvalue weighted by Gasteiger charge is -2.32. The van der Waals surface area contributed by atoms with Crippen LogP contribution in [-0.2, 0) is 0 Å². The molecule has 1 aliphatic rings. The molecule has 0 spiro atoms. The molecule has 2 atom stereocenters. The minimum atomic E-state index is -0.156. The molecule has 0 unspecified atom stereocenters. The smallest absolute Gasteiger partial charge is 0.269 e. The van der Waals surface area contributed by atoms with Crippen molar-refractivity contribution >= 4 is 5.91 Å². The van der Waals surface area contributed by atoms with Crippen LogP contribution in [-0.4, -0.2) is 27.3 Å². The number of carbonyl (C=O) groups is 1. The van der Waals surface area contributed by atoms with Crippen LogP contribution in [0.25, 0.3) is 11.3 Å². The molecule has 1 saturated carbocycles. The highest BCUT2D eigenvalue weighted by molar-refractivity contribution is 5.93. The molecule has 5 heteroatoms. The summed E-state index contributed by atoms with van der Waals surface area (Å²) in [6, 6.07) is 19.2. The first kappa shape index (κ1) is 17.3. The van der Waals surface area contributed by atoms with Gasteiger partial charge in [-0.15, -0.1) is 0 Å². The number of amides is 1. The second-order valence-corrected chi connectivity index (χ2v) is 7.07. The molecule has 1 amide bonds. The van der Waals surface area contributed by atoms with Crippen LogP contribution in [0.5, 0.6) is 5.75 Å². The summed E-state index contributed by atoms with van der Waals surface area (Å²) in [7, 11) is 0. The molecule has 3 aromatic rings. The highest BCUT2D eigenvalue weighted by Gasteiger charge is 2.28. The third-order valence-electron chi connectivity index (χ3n) is 5.31. The number of nitrogens with zero attached hydrogens (tertiary/aromatic N) is 1. The Morgan fingerprint density at radius 3 is 2.59 bits per heavy atom. The number of benzene rings is 2. The van der Waals surface area contributed by atoms with Gasteiger partial charge in [0.05, 0.1) is 5.69 Å². The predicted octanol–water partition coefficient (Wildman–Crippen LogP) is 4.24. The van der Waals surface area contributed by atoms with Crippen molar-refractivity contribution in [1.82, 2.24) is 15.5 Å². The molecule has 0 saturated heterocycles. The third-order valence-corrected chi connectivity index (χ3v) is 5.31. The maximum atomic E-state index is 12.8. The minimum Gasteiger partial charge on any atom is -0.507 e. The van der Waals surface area contributed by atoms with Crippen LogP contribution >= 0.6 is 0 Å². The number of hydrogen-bond acceptors (Lipinski definition) is 3. The molecule has 4 rings (SSSR count). The third kappa shape index (κ3) is 3.72. The van der Waals surface area contributed by atoms with E-state index in [1.807, 2.05) is 12.1 Å². The van der Waals surface area contributed by atoms with Crippen molar-refractivity contribution in [3.05, 3.63) is 71.9 Å². The van der Waals surface area contributed by atoms with E-state index < -0.39 is 0 Å². The highest BCUT2D eigenvalue weighted by atomic mass is 16.3. The van der Waals surface area contributed by atoms with Crippen LogP contribution in [0.1, 0.15) is 47.7 Å². The Labute approximate surface area is 158 Å². The van der Waals surface area contributed by atoms with E-state index in [-0.39, 0.29) is 17.7 Å². The van der Waals surface area contributed by atoms with Gasteiger partial charge in [-0.1, -0.05) is 55.3 Å². The maximum Gasteiger partial charge on any atom is 0.269 e. The van der Waals surface area contributed by atoms with E-state index in [1.54, 1.807) is 24.3 Å². The van der Waals surface area contributed by atoms with Crippen LogP contribution < -0.4 is 5.32 Å². The molecule has 0 aliphatic heterocycles. The Kier molecular flexibility index (Phi) is 4.92. The molecular formula is C22H23N3O2. The lowest BCUT2D eigenvalue weighted by Crippen LogP contribution is -2.41. The number of para-hydroxylation sites is 1. The summed E-state index contributed by atoms with van der Waals surface area (Å²) >= 11 is 0. The minimum absolute atomic E-state index is 0.116. The van der Waals surface area contributed by atoms with E-state index in [1.165, 1.54) is 12.0 Å². The van der Waals surface area contributed by atoms with Gasteiger partial charge < -0.3 is 10.4 Å². The Bertz CT molecular complexity index is 920. The Hall–Kier alpha value is -3.08. The SMILES string of the molecule is O=C(N[C@@H]1CCCC[C@H]1c1ccccc1)c1cc(-c2ccccc2O)n[nH]1. The number of phenols is 1.